The number of carbonyl (C=O) groups excluding carboxylic acids is 1. The van der Waals surface area contributed by atoms with E-state index in [4.69, 9.17) is 4.42 Å². The number of amides is 1. The van der Waals surface area contributed by atoms with Gasteiger partial charge in [0, 0.05) is 17.8 Å². The van der Waals surface area contributed by atoms with E-state index >= 15 is 0 Å². The van der Waals surface area contributed by atoms with E-state index in [0.717, 1.165) is 20.6 Å². The first-order chi connectivity index (χ1) is 13.5. The lowest BCUT2D eigenvalue weighted by Gasteiger charge is -2.07. The van der Waals surface area contributed by atoms with Crippen molar-refractivity contribution in [3.8, 4) is 10.8 Å². The number of anilines is 1. The summed E-state index contributed by atoms with van der Waals surface area (Å²) in [4.78, 5) is 29.3. The molecule has 9 nitrogen and oxygen atoms in total. The standard InChI is InChI=1S/C18H18N6O3S/c1-11(2)24-16-12(9-20-24)8-13(10-19-16)21-15(25)5-6-23-18(26)27-17(22-23)14-4-3-7-28-14/h3-4,7-11H,5-6H2,1-2H3,(H,21,25). The van der Waals surface area contributed by atoms with Crippen LogP contribution in [-0.4, -0.2) is 30.5 Å². The summed E-state index contributed by atoms with van der Waals surface area (Å²) in [6.45, 7) is 4.18. The normalized spacial score (nSPS) is 11.4. The van der Waals surface area contributed by atoms with Crippen molar-refractivity contribution >= 4 is 34.0 Å². The molecule has 28 heavy (non-hydrogen) atoms. The average Bonchev–Trinajstić information content (AvgIpc) is 3.39. The predicted molar refractivity (Wildman–Crippen MR) is 105 cm³/mol. The Kier molecular flexibility index (Phi) is 4.78. The largest absolute Gasteiger partial charge is 0.437 e. The zero-order valence-corrected chi connectivity index (χ0v) is 16.1. The van der Waals surface area contributed by atoms with E-state index in [1.807, 2.05) is 42.1 Å². The highest BCUT2D eigenvalue weighted by molar-refractivity contribution is 7.13. The van der Waals surface area contributed by atoms with Gasteiger partial charge in [-0.05, 0) is 31.4 Å². The van der Waals surface area contributed by atoms with Gasteiger partial charge in [0.15, 0.2) is 5.65 Å². The lowest BCUT2D eigenvalue weighted by Crippen LogP contribution is -2.21. The van der Waals surface area contributed by atoms with Crippen molar-refractivity contribution in [1.29, 1.82) is 0 Å². The molecule has 0 fully saturated rings. The number of aromatic nitrogens is 5. The molecular formula is C18H18N6O3S. The fourth-order valence-electron chi connectivity index (χ4n) is 2.76. The van der Waals surface area contributed by atoms with Crippen molar-refractivity contribution in [2.45, 2.75) is 32.9 Å². The molecule has 0 radical (unpaired) electrons. The van der Waals surface area contributed by atoms with Gasteiger partial charge in [0.2, 0.25) is 5.91 Å². The van der Waals surface area contributed by atoms with E-state index in [-0.39, 0.29) is 30.8 Å². The number of hydrogen-bond acceptors (Lipinski definition) is 7. The van der Waals surface area contributed by atoms with Crippen molar-refractivity contribution in [3.05, 3.63) is 46.5 Å². The zero-order chi connectivity index (χ0) is 19.7. The van der Waals surface area contributed by atoms with Gasteiger partial charge in [-0.2, -0.15) is 9.78 Å². The number of pyridine rings is 1. The van der Waals surface area contributed by atoms with Gasteiger partial charge in [-0.3, -0.25) is 4.79 Å². The number of hydrogen-bond donors (Lipinski definition) is 1. The van der Waals surface area contributed by atoms with Crippen LogP contribution in [0.15, 0.2) is 45.2 Å². The minimum Gasteiger partial charge on any atom is -0.387 e. The van der Waals surface area contributed by atoms with Crippen molar-refractivity contribution in [3.63, 3.8) is 0 Å². The van der Waals surface area contributed by atoms with Crippen LogP contribution >= 0.6 is 11.3 Å². The van der Waals surface area contributed by atoms with Gasteiger partial charge in [0.05, 0.1) is 29.5 Å². The summed E-state index contributed by atoms with van der Waals surface area (Å²) in [6, 6.07) is 5.69. The number of aryl methyl sites for hydroxylation is 1. The maximum absolute atomic E-state index is 12.3. The number of carbonyl (C=O) groups is 1. The predicted octanol–water partition coefficient (Wildman–Crippen LogP) is 2.92. The first kappa shape index (κ1) is 18.1. The molecular weight excluding hydrogens is 380 g/mol. The van der Waals surface area contributed by atoms with Crippen LogP contribution in [0.5, 0.6) is 0 Å². The molecule has 0 aliphatic rings. The molecule has 0 spiro atoms. The van der Waals surface area contributed by atoms with Crippen LogP contribution < -0.4 is 11.1 Å². The number of fused-ring (bicyclic) bond motifs is 1. The number of rotatable bonds is 6. The molecule has 144 valence electrons. The van der Waals surface area contributed by atoms with Crippen LogP contribution in [0.1, 0.15) is 26.3 Å². The monoisotopic (exact) mass is 398 g/mol. The summed E-state index contributed by atoms with van der Waals surface area (Å²) in [5, 5.41) is 14.0. The molecule has 4 rings (SSSR count). The van der Waals surface area contributed by atoms with Crippen LogP contribution in [0.25, 0.3) is 21.8 Å². The smallest absolute Gasteiger partial charge is 0.387 e. The highest BCUT2D eigenvalue weighted by atomic mass is 32.1. The lowest BCUT2D eigenvalue weighted by atomic mass is 10.3. The van der Waals surface area contributed by atoms with E-state index in [1.54, 1.807) is 12.4 Å². The molecule has 0 aromatic carbocycles. The third-order valence-corrected chi connectivity index (χ3v) is 4.95. The maximum Gasteiger partial charge on any atom is 0.437 e. The molecule has 4 aromatic rings. The molecule has 4 aromatic heterocycles. The van der Waals surface area contributed by atoms with Gasteiger partial charge < -0.3 is 9.73 Å². The van der Waals surface area contributed by atoms with Gasteiger partial charge in [0.1, 0.15) is 0 Å². The van der Waals surface area contributed by atoms with E-state index in [1.165, 1.54) is 11.3 Å². The Labute approximate surface area is 163 Å². The number of nitrogens with zero attached hydrogens (tertiary/aromatic N) is 5. The summed E-state index contributed by atoms with van der Waals surface area (Å²) >= 11 is 1.43. The van der Waals surface area contributed by atoms with E-state index < -0.39 is 5.76 Å². The summed E-state index contributed by atoms with van der Waals surface area (Å²) in [5.74, 6) is -0.567. The fraction of sp³-hybridized carbons (Fsp3) is 0.278. The van der Waals surface area contributed by atoms with Crippen LogP contribution in [0.2, 0.25) is 0 Å². The number of nitrogens with one attached hydrogen (secondary N) is 1. The second-order valence-corrected chi connectivity index (χ2v) is 7.44. The highest BCUT2D eigenvalue weighted by Crippen LogP contribution is 2.21. The Morgan fingerprint density at radius 3 is 2.96 bits per heavy atom. The molecule has 1 N–H and O–H groups in total. The van der Waals surface area contributed by atoms with Gasteiger partial charge >= 0.3 is 5.76 Å². The Balaban J connectivity index is 1.41. The van der Waals surface area contributed by atoms with Crippen molar-refractivity contribution in [1.82, 2.24) is 24.5 Å². The van der Waals surface area contributed by atoms with E-state index in [0.29, 0.717) is 5.69 Å². The summed E-state index contributed by atoms with van der Waals surface area (Å²) in [6.07, 6.45) is 3.40. The van der Waals surface area contributed by atoms with E-state index in [9.17, 15) is 9.59 Å². The maximum atomic E-state index is 12.3. The Morgan fingerprint density at radius 1 is 1.36 bits per heavy atom. The summed E-state index contributed by atoms with van der Waals surface area (Å²) < 4.78 is 8.11. The molecule has 1 amide bonds. The van der Waals surface area contributed by atoms with Crippen molar-refractivity contribution < 1.29 is 9.21 Å². The third kappa shape index (κ3) is 3.58. The molecule has 0 saturated carbocycles. The van der Waals surface area contributed by atoms with Crippen LogP contribution in [-0.2, 0) is 11.3 Å². The Bertz CT molecular complexity index is 1170. The second-order valence-electron chi connectivity index (χ2n) is 6.49. The van der Waals surface area contributed by atoms with Gasteiger partial charge in [-0.15, -0.1) is 16.4 Å². The van der Waals surface area contributed by atoms with Gasteiger partial charge in [-0.1, -0.05) is 6.07 Å². The van der Waals surface area contributed by atoms with Crippen LogP contribution in [0, 0.1) is 0 Å². The second kappa shape index (κ2) is 7.39. The summed E-state index contributed by atoms with van der Waals surface area (Å²) in [7, 11) is 0. The van der Waals surface area contributed by atoms with E-state index in [2.05, 4.69) is 20.5 Å². The molecule has 0 aliphatic carbocycles. The molecule has 0 aliphatic heterocycles. The number of thiophene rings is 1. The molecule has 4 heterocycles. The highest BCUT2D eigenvalue weighted by Gasteiger charge is 2.13. The lowest BCUT2D eigenvalue weighted by molar-refractivity contribution is -0.116. The SMILES string of the molecule is CC(C)n1ncc2cc(NC(=O)CCn3nc(-c4cccs4)oc3=O)cnc21. The zero-order valence-electron chi connectivity index (χ0n) is 15.3. The average molecular weight is 398 g/mol. The molecule has 0 atom stereocenters. The topological polar surface area (TPSA) is 108 Å². The Hall–Kier alpha value is -3.27. The fourth-order valence-corrected chi connectivity index (χ4v) is 3.41. The van der Waals surface area contributed by atoms with Gasteiger partial charge in [-0.25, -0.2) is 14.5 Å². The minimum absolute atomic E-state index is 0.0829. The first-order valence-electron chi connectivity index (χ1n) is 8.76. The molecule has 0 saturated heterocycles. The van der Waals surface area contributed by atoms with Gasteiger partial charge in [0.25, 0.3) is 5.89 Å². The Morgan fingerprint density at radius 2 is 2.21 bits per heavy atom. The molecule has 0 bridgehead atoms. The van der Waals surface area contributed by atoms with Crippen molar-refractivity contribution in [2.75, 3.05) is 5.32 Å². The van der Waals surface area contributed by atoms with Crippen LogP contribution in [0.4, 0.5) is 5.69 Å². The quantitative estimate of drug-likeness (QED) is 0.535. The first-order valence-corrected chi connectivity index (χ1v) is 9.64. The van der Waals surface area contributed by atoms with Crippen molar-refractivity contribution in [2.24, 2.45) is 0 Å². The van der Waals surface area contributed by atoms with Crippen LogP contribution in [0.3, 0.4) is 0 Å². The summed E-state index contributed by atoms with van der Waals surface area (Å²) in [5.41, 5.74) is 1.34. The third-order valence-electron chi connectivity index (χ3n) is 4.10. The molecule has 10 heteroatoms. The molecule has 0 unspecified atom stereocenters. The minimum atomic E-state index is -0.583.